The Hall–Kier alpha value is -3.97. The minimum absolute atomic E-state index is 0.362. The molecule has 23 heavy (non-hydrogen) atoms. The number of anilines is 1. The number of nitrogens with one attached hydrogen (secondary N) is 1. The fourth-order valence-electron chi connectivity index (χ4n) is 1.53. The van der Waals surface area contributed by atoms with Crippen molar-refractivity contribution in [2.24, 2.45) is 0 Å². The average molecular weight is 315 g/mol. The molecule has 0 unspecified atom stereocenters. The van der Waals surface area contributed by atoms with Crippen LogP contribution in [-0.4, -0.2) is 18.0 Å². The van der Waals surface area contributed by atoms with Crippen LogP contribution in [0.25, 0.3) is 0 Å². The van der Waals surface area contributed by atoms with Gasteiger partial charge in [-0.2, -0.15) is 20.2 Å². The second-order valence-electron chi connectivity index (χ2n) is 3.78. The van der Waals surface area contributed by atoms with E-state index in [1.54, 1.807) is 0 Å². The molecule has 0 atom stereocenters. The van der Waals surface area contributed by atoms with Crippen molar-refractivity contribution >= 4 is 17.3 Å². The summed E-state index contributed by atoms with van der Waals surface area (Å²) in [6, 6.07) is 6.12. The molecule has 0 aliphatic carbocycles. The largest absolute Gasteiger partial charge is 0.465 e. The molecule has 114 valence electrons. The Labute approximate surface area is 128 Å². The first-order valence-electron chi connectivity index (χ1n) is 5.68. The van der Waals surface area contributed by atoms with Gasteiger partial charge in [0, 0.05) is 6.07 Å². The van der Waals surface area contributed by atoms with Crippen LogP contribution in [0.5, 0.6) is 0 Å². The monoisotopic (exact) mass is 315 g/mol. The Morgan fingerprint density at radius 2 is 1.91 bits per heavy atom. The third-order valence-electron chi connectivity index (χ3n) is 2.55. The maximum Gasteiger partial charge on any atom is 0.343 e. The van der Waals surface area contributed by atoms with Crippen LogP contribution in [0, 0.1) is 49.9 Å². The quantitative estimate of drug-likeness (QED) is 0.381. The van der Waals surface area contributed by atoms with Gasteiger partial charge in [0.2, 0.25) is 5.82 Å². The highest BCUT2D eigenvalue weighted by atomic mass is 19.1. The molecular formula is C13H6FN5O4. The predicted molar refractivity (Wildman–Crippen MR) is 71.9 cm³/mol. The summed E-state index contributed by atoms with van der Waals surface area (Å²) in [5.41, 5.74) is -3.32. The van der Waals surface area contributed by atoms with Gasteiger partial charge in [-0.25, -0.2) is 4.79 Å². The average Bonchev–Trinajstić information content (AvgIpc) is 2.53. The van der Waals surface area contributed by atoms with Gasteiger partial charge < -0.3 is 10.1 Å². The predicted octanol–water partition coefficient (Wildman–Crippen LogP) is 1.76. The number of benzene rings is 1. The van der Waals surface area contributed by atoms with Gasteiger partial charge in [0.15, 0.2) is 5.57 Å². The summed E-state index contributed by atoms with van der Waals surface area (Å²) in [6.45, 7) is 0. The Morgan fingerprint density at radius 3 is 2.35 bits per heavy atom. The maximum absolute atomic E-state index is 14.1. The van der Waals surface area contributed by atoms with Crippen molar-refractivity contribution < 1.29 is 18.8 Å². The Balaban J connectivity index is 3.59. The molecule has 1 N–H and O–H groups in total. The van der Waals surface area contributed by atoms with E-state index in [0.717, 1.165) is 19.2 Å². The van der Waals surface area contributed by atoms with Gasteiger partial charge in [0.25, 0.3) is 0 Å². The number of esters is 1. The molecular weight excluding hydrogens is 309 g/mol. The van der Waals surface area contributed by atoms with E-state index in [1.807, 2.05) is 0 Å². The number of ether oxygens (including phenoxy) is 1. The minimum Gasteiger partial charge on any atom is -0.465 e. The van der Waals surface area contributed by atoms with Crippen LogP contribution in [0.1, 0.15) is 10.4 Å². The number of carbonyl (C=O) groups excluding carboxylic acids is 1. The molecule has 0 radical (unpaired) electrons. The number of hydrogen-bond acceptors (Lipinski definition) is 8. The summed E-state index contributed by atoms with van der Waals surface area (Å²) in [5, 5.41) is 39.3. The number of methoxy groups -OCH3 is 1. The Morgan fingerprint density at radius 1 is 1.30 bits per heavy atom. The fraction of sp³-hybridized carbons (Fsp3) is 0.0769. The third kappa shape index (κ3) is 3.38. The molecule has 9 nitrogen and oxygen atoms in total. The standard InChI is InChI=1S/C13H6FN5O4/c1-23-13(20)11-8(2-3-10(12(11)14)19(21)22)18-9(6-17)7(4-15)5-16/h2-3,18H,1H3. The summed E-state index contributed by atoms with van der Waals surface area (Å²) in [6.07, 6.45) is 0. The van der Waals surface area contributed by atoms with Crippen molar-refractivity contribution in [3.63, 3.8) is 0 Å². The van der Waals surface area contributed by atoms with Crippen molar-refractivity contribution in [3.8, 4) is 18.2 Å². The number of allylic oxidation sites excluding steroid dienone is 2. The highest BCUT2D eigenvalue weighted by Crippen LogP contribution is 2.29. The summed E-state index contributed by atoms with van der Waals surface area (Å²) in [5.74, 6) is -2.71. The number of nitriles is 3. The zero-order valence-corrected chi connectivity index (χ0v) is 11.5. The number of nitrogens with zero attached hydrogens (tertiary/aromatic N) is 4. The van der Waals surface area contributed by atoms with Crippen molar-refractivity contribution in [1.29, 1.82) is 15.8 Å². The number of halogens is 1. The third-order valence-corrected chi connectivity index (χ3v) is 2.55. The molecule has 0 fully saturated rings. The second-order valence-corrected chi connectivity index (χ2v) is 3.78. The van der Waals surface area contributed by atoms with Crippen molar-refractivity contribution in [1.82, 2.24) is 0 Å². The molecule has 1 aromatic carbocycles. The summed E-state index contributed by atoms with van der Waals surface area (Å²) in [4.78, 5) is 21.3. The molecule has 0 spiro atoms. The van der Waals surface area contributed by atoms with Crippen molar-refractivity contribution in [2.45, 2.75) is 0 Å². The zero-order chi connectivity index (χ0) is 17.6. The first-order chi connectivity index (χ1) is 10.9. The van der Waals surface area contributed by atoms with Crippen molar-refractivity contribution in [3.05, 3.63) is 44.9 Å². The van der Waals surface area contributed by atoms with E-state index < -0.39 is 39.2 Å². The van der Waals surface area contributed by atoms with Crippen LogP contribution in [-0.2, 0) is 4.74 Å². The molecule has 1 aromatic rings. The molecule has 0 saturated carbocycles. The van der Waals surface area contributed by atoms with E-state index >= 15 is 0 Å². The zero-order valence-electron chi connectivity index (χ0n) is 11.5. The van der Waals surface area contributed by atoms with E-state index in [0.29, 0.717) is 0 Å². The van der Waals surface area contributed by atoms with Gasteiger partial charge in [-0.15, -0.1) is 0 Å². The van der Waals surface area contributed by atoms with Gasteiger partial charge in [-0.1, -0.05) is 0 Å². The van der Waals surface area contributed by atoms with Gasteiger partial charge in [0.05, 0.1) is 17.7 Å². The lowest BCUT2D eigenvalue weighted by molar-refractivity contribution is -0.387. The molecule has 1 rings (SSSR count). The van der Waals surface area contributed by atoms with Crippen LogP contribution in [0.2, 0.25) is 0 Å². The molecule has 0 aliphatic heterocycles. The molecule has 0 aliphatic rings. The molecule has 0 amide bonds. The topological polar surface area (TPSA) is 153 Å². The van der Waals surface area contributed by atoms with E-state index in [2.05, 4.69) is 10.1 Å². The van der Waals surface area contributed by atoms with Crippen LogP contribution >= 0.6 is 0 Å². The van der Waals surface area contributed by atoms with Gasteiger partial charge in [-0.05, 0) is 6.07 Å². The molecule has 10 heteroatoms. The Kier molecular flexibility index (Phi) is 5.32. The first kappa shape index (κ1) is 17.1. The normalized spacial score (nSPS) is 8.83. The number of carbonyl (C=O) groups is 1. The number of nitro groups is 1. The molecule has 0 aromatic heterocycles. The molecule has 0 bridgehead atoms. The number of rotatable bonds is 4. The summed E-state index contributed by atoms with van der Waals surface area (Å²) >= 11 is 0. The molecule has 0 saturated heterocycles. The van der Waals surface area contributed by atoms with Crippen LogP contribution in [0.3, 0.4) is 0 Å². The SMILES string of the molecule is COC(=O)c1c(NC(C#N)=C(C#N)C#N)ccc([N+](=O)[O-])c1F. The lowest BCUT2D eigenvalue weighted by Gasteiger charge is -2.10. The molecule has 0 heterocycles. The Bertz CT molecular complexity index is 826. The van der Waals surface area contributed by atoms with Crippen molar-refractivity contribution in [2.75, 3.05) is 12.4 Å². The van der Waals surface area contributed by atoms with Gasteiger partial charge in [-0.3, -0.25) is 10.1 Å². The van der Waals surface area contributed by atoms with Crippen LogP contribution in [0.4, 0.5) is 15.8 Å². The van der Waals surface area contributed by atoms with E-state index in [1.165, 1.54) is 18.2 Å². The maximum atomic E-state index is 14.1. The lowest BCUT2D eigenvalue weighted by atomic mass is 10.1. The summed E-state index contributed by atoms with van der Waals surface area (Å²) < 4.78 is 18.5. The van der Waals surface area contributed by atoms with Crippen LogP contribution in [0.15, 0.2) is 23.4 Å². The lowest BCUT2D eigenvalue weighted by Crippen LogP contribution is -2.12. The van der Waals surface area contributed by atoms with E-state index in [4.69, 9.17) is 15.8 Å². The summed E-state index contributed by atoms with van der Waals surface area (Å²) in [7, 11) is 0.932. The second kappa shape index (κ2) is 7.16. The van der Waals surface area contributed by atoms with Gasteiger partial charge in [0.1, 0.15) is 29.5 Å². The first-order valence-corrected chi connectivity index (χ1v) is 5.68. The number of hydrogen-bond donors (Lipinski definition) is 1. The highest BCUT2D eigenvalue weighted by molar-refractivity contribution is 5.97. The minimum atomic E-state index is -1.47. The highest BCUT2D eigenvalue weighted by Gasteiger charge is 2.27. The fourth-order valence-corrected chi connectivity index (χ4v) is 1.53. The number of nitro benzene ring substituents is 1. The van der Waals surface area contributed by atoms with E-state index in [9.17, 15) is 19.3 Å². The smallest absolute Gasteiger partial charge is 0.343 e. The van der Waals surface area contributed by atoms with Gasteiger partial charge >= 0.3 is 11.7 Å². The van der Waals surface area contributed by atoms with Crippen LogP contribution < -0.4 is 5.32 Å². The van der Waals surface area contributed by atoms with E-state index in [-0.39, 0.29) is 5.69 Å².